The lowest BCUT2D eigenvalue weighted by atomic mass is 9.95. The second kappa shape index (κ2) is 13.8. The summed E-state index contributed by atoms with van der Waals surface area (Å²) in [5, 5.41) is 7.12. The molecule has 1 fully saturated rings. The Kier molecular flexibility index (Phi) is 12.6. The maximum Gasteiger partial charge on any atom is 0.191 e. The smallest absolute Gasteiger partial charge is 0.191 e. The first-order valence-corrected chi connectivity index (χ1v) is 11.6. The maximum atomic E-state index is 12.1. The van der Waals surface area contributed by atoms with Crippen LogP contribution in [0.3, 0.4) is 0 Å². The first-order valence-electron chi connectivity index (χ1n) is 9.42. The predicted molar refractivity (Wildman–Crippen MR) is 129 cm³/mol. The summed E-state index contributed by atoms with van der Waals surface area (Å²) < 4.78 is 18.9. The third kappa shape index (κ3) is 9.13. The van der Waals surface area contributed by atoms with E-state index in [1.165, 1.54) is 0 Å². The van der Waals surface area contributed by atoms with Crippen molar-refractivity contribution in [3.63, 3.8) is 0 Å². The molecule has 0 aromatic heterocycles. The molecule has 8 heteroatoms. The number of ether oxygens (including phenoxy) is 1. The van der Waals surface area contributed by atoms with E-state index in [2.05, 4.69) is 38.5 Å². The molecule has 3 unspecified atom stereocenters. The zero-order valence-electron chi connectivity index (χ0n) is 16.1. The Morgan fingerprint density at radius 3 is 2.89 bits per heavy atom. The van der Waals surface area contributed by atoms with Crippen molar-refractivity contribution in [2.24, 2.45) is 4.99 Å². The number of guanidine groups is 1. The van der Waals surface area contributed by atoms with Crippen LogP contribution in [0, 0.1) is 0 Å². The Labute approximate surface area is 191 Å². The summed E-state index contributed by atoms with van der Waals surface area (Å²) in [7, 11) is -0.707. The molecule has 0 spiro atoms. The standard InChI is InChI=1S/C19H30BrN3O2S.HI/c1-3-21-19(22-11-12-25-17-9-5-7-15(20)13-17)23-16-8-6-10-18(14-16)26(24)4-2;/h5,7,9,13,16,18H,3-4,6,8,10-12,14H2,1-2H3,(H2,21,22,23);1H. The third-order valence-electron chi connectivity index (χ3n) is 4.39. The molecule has 1 aliphatic carbocycles. The number of aliphatic imine (C=N–C) groups is 1. The number of halogens is 2. The summed E-state index contributed by atoms with van der Waals surface area (Å²) in [6, 6.07) is 8.15. The maximum absolute atomic E-state index is 12.1. The number of nitrogens with zero attached hydrogens (tertiary/aromatic N) is 1. The number of nitrogens with one attached hydrogen (secondary N) is 2. The lowest BCUT2D eigenvalue weighted by molar-refractivity contribution is 0.328. The van der Waals surface area contributed by atoms with Gasteiger partial charge in [-0.1, -0.05) is 35.3 Å². The van der Waals surface area contributed by atoms with Gasteiger partial charge in [0, 0.05) is 38.9 Å². The van der Waals surface area contributed by atoms with E-state index in [1.54, 1.807) is 0 Å². The Balaban J connectivity index is 0.00000364. The first-order chi connectivity index (χ1) is 12.6. The zero-order valence-corrected chi connectivity index (χ0v) is 20.8. The monoisotopic (exact) mass is 571 g/mol. The van der Waals surface area contributed by atoms with Crippen LogP contribution in [0.4, 0.5) is 0 Å². The normalized spacial score (nSPS) is 21.1. The molecule has 2 rings (SSSR count). The second-order valence-electron chi connectivity index (χ2n) is 6.37. The van der Waals surface area contributed by atoms with E-state index in [9.17, 15) is 4.21 Å². The van der Waals surface area contributed by atoms with Gasteiger partial charge in [-0.15, -0.1) is 24.0 Å². The molecular formula is C19H31BrIN3O2S. The topological polar surface area (TPSA) is 62.7 Å². The minimum absolute atomic E-state index is 0. The molecule has 0 aliphatic heterocycles. The number of rotatable bonds is 8. The Hall–Kier alpha value is -0.350. The summed E-state index contributed by atoms with van der Waals surface area (Å²) in [5.74, 6) is 2.40. The highest BCUT2D eigenvalue weighted by Gasteiger charge is 2.25. The molecule has 27 heavy (non-hydrogen) atoms. The molecule has 1 saturated carbocycles. The van der Waals surface area contributed by atoms with Crippen molar-refractivity contribution in [1.29, 1.82) is 0 Å². The van der Waals surface area contributed by atoms with Crippen molar-refractivity contribution in [3.8, 4) is 5.75 Å². The predicted octanol–water partition coefficient (Wildman–Crippen LogP) is 4.08. The Morgan fingerprint density at radius 1 is 1.37 bits per heavy atom. The lowest BCUT2D eigenvalue weighted by Gasteiger charge is -2.30. The molecule has 0 heterocycles. The van der Waals surface area contributed by atoms with Crippen molar-refractivity contribution in [2.45, 2.75) is 50.8 Å². The molecule has 1 aliphatic rings. The number of benzene rings is 1. The van der Waals surface area contributed by atoms with Gasteiger partial charge < -0.3 is 15.4 Å². The summed E-state index contributed by atoms with van der Waals surface area (Å²) in [5.41, 5.74) is 0. The molecule has 0 saturated heterocycles. The second-order valence-corrected chi connectivity index (χ2v) is 9.29. The lowest BCUT2D eigenvalue weighted by Crippen LogP contribution is -2.46. The number of hydrogen-bond acceptors (Lipinski definition) is 3. The van der Waals surface area contributed by atoms with Crippen molar-refractivity contribution >= 4 is 56.7 Å². The van der Waals surface area contributed by atoms with Crippen molar-refractivity contribution in [1.82, 2.24) is 10.6 Å². The van der Waals surface area contributed by atoms with E-state index < -0.39 is 10.8 Å². The van der Waals surface area contributed by atoms with Gasteiger partial charge in [-0.25, -0.2) is 4.99 Å². The van der Waals surface area contributed by atoms with Crippen molar-refractivity contribution in [3.05, 3.63) is 28.7 Å². The fourth-order valence-corrected chi connectivity index (χ4v) is 4.87. The summed E-state index contributed by atoms with van der Waals surface area (Å²) >= 11 is 3.44. The van der Waals surface area contributed by atoms with E-state index in [-0.39, 0.29) is 24.0 Å². The molecule has 154 valence electrons. The molecule has 0 amide bonds. The van der Waals surface area contributed by atoms with Gasteiger partial charge in [0.1, 0.15) is 12.4 Å². The summed E-state index contributed by atoms with van der Waals surface area (Å²) in [6.07, 6.45) is 4.27. The summed E-state index contributed by atoms with van der Waals surface area (Å²) in [6.45, 7) is 5.99. The van der Waals surface area contributed by atoms with Gasteiger partial charge in [-0.3, -0.25) is 4.21 Å². The van der Waals surface area contributed by atoms with Gasteiger partial charge in [-0.05, 0) is 44.4 Å². The molecule has 2 N–H and O–H groups in total. The Morgan fingerprint density at radius 2 is 2.19 bits per heavy atom. The van der Waals surface area contributed by atoms with Gasteiger partial charge in [0.15, 0.2) is 5.96 Å². The highest BCUT2D eigenvalue weighted by molar-refractivity contribution is 14.0. The van der Waals surface area contributed by atoms with E-state index in [0.29, 0.717) is 24.4 Å². The molecule has 0 radical (unpaired) electrons. The summed E-state index contributed by atoms with van der Waals surface area (Å²) in [4.78, 5) is 4.62. The zero-order chi connectivity index (χ0) is 18.8. The van der Waals surface area contributed by atoms with E-state index in [1.807, 2.05) is 31.2 Å². The van der Waals surface area contributed by atoms with Crippen LogP contribution in [0.1, 0.15) is 39.5 Å². The highest BCUT2D eigenvalue weighted by atomic mass is 127. The van der Waals surface area contributed by atoms with Crippen LogP contribution in [0.15, 0.2) is 33.7 Å². The molecule has 3 atom stereocenters. The van der Waals surface area contributed by atoms with Gasteiger partial charge in [0.05, 0.1) is 6.54 Å². The molecular weight excluding hydrogens is 541 g/mol. The van der Waals surface area contributed by atoms with Gasteiger partial charge in [0.2, 0.25) is 0 Å². The molecule has 1 aromatic carbocycles. The first kappa shape index (κ1) is 24.7. The minimum atomic E-state index is -0.707. The van der Waals surface area contributed by atoms with E-state index in [0.717, 1.165) is 54.2 Å². The Bertz CT molecular complexity index is 618. The van der Waals surface area contributed by atoms with Gasteiger partial charge in [-0.2, -0.15) is 0 Å². The molecule has 0 bridgehead atoms. The SMILES string of the molecule is CCNC(=NCCOc1cccc(Br)c1)NC1CCCC(S(=O)CC)C1.I. The van der Waals surface area contributed by atoms with Crippen LogP contribution < -0.4 is 15.4 Å². The van der Waals surface area contributed by atoms with E-state index in [4.69, 9.17) is 4.74 Å². The third-order valence-corrected chi connectivity index (χ3v) is 6.63. The fraction of sp³-hybridized carbons (Fsp3) is 0.632. The molecule has 1 aromatic rings. The van der Waals surface area contributed by atoms with Crippen LogP contribution in [-0.4, -0.2) is 46.9 Å². The van der Waals surface area contributed by atoms with Crippen molar-refractivity contribution in [2.75, 3.05) is 25.4 Å². The van der Waals surface area contributed by atoms with Gasteiger partial charge >= 0.3 is 0 Å². The quantitative estimate of drug-likeness (QED) is 0.214. The van der Waals surface area contributed by atoms with Crippen LogP contribution in [0.25, 0.3) is 0 Å². The van der Waals surface area contributed by atoms with Crippen LogP contribution >= 0.6 is 39.9 Å². The number of hydrogen-bond donors (Lipinski definition) is 2. The largest absolute Gasteiger partial charge is 0.492 e. The molecule has 5 nitrogen and oxygen atoms in total. The van der Waals surface area contributed by atoms with Crippen LogP contribution in [0.2, 0.25) is 0 Å². The fourth-order valence-electron chi connectivity index (χ4n) is 3.14. The highest BCUT2D eigenvalue weighted by Crippen LogP contribution is 2.23. The van der Waals surface area contributed by atoms with Crippen LogP contribution in [0.5, 0.6) is 5.75 Å². The average Bonchev–Trinajstić information content (AvgIpc) is 2.65. The van der Waals surface area contributed by atoms with Crippen molar-refractivity contribution < 1.29 is 8.95 Å². The minimum Gasteiger partial charge on any atom is -0.492 e. The van der Waals surface area contributed by atoms with Gasteiger partial charge in [0.25, 0.3) is 0 Å². The average molecular weight is 572 g/mol. The van der Waals surface area contributed by atoms with E-state index >= 15 is 0 Å². The van der Waals surface area contributed by atoms with Crippen LogP contribution in [-0.2, 0) is 10.8 Å².